The number of carbonyl (C=O) groups is 1. The average Bonchev–Trinajstić information content (AvgIpc) is 2.74. The smallest absolute Gasteiger partial charge is 0.251 e. The van der Waals surface area contributed by atoms with Crippen LogP contribution in [0.5, 0.6) is 5.75 Å². The van der Waals surface area contributed by atoms with Gasteiger partial charge in [0.05, 0.1) is 36.5 Å². The van der Waals surface area contributed by atoms with Crippen LogP contribution in [0.3, 0.4) is 0 Å². The van der Waals surface area contributed by atoms with E-state index < -0.39 is 6.29 Å². The van der Waals surface area contributed by atoms with Crippen LogP contribution < -0.4 is 11.1 Å². The number of aromatic hydroxyl groups is 1. The van der Waals surface area contributed by atoms with E-state index in [1.54, 1.807) is 13.2 Å². The van der Waals surface area contributed by atoms with Crippen molar-refractivity contribution in [2.45, 2.75) is 33.0 Å². The van der Waals surface area contributed by atoms with Crippen molar-refractivity contribution < 1.29 is 24.1 Å². The Morgan fingerprint density at radius 3 is 2.31 bits per heavy atom. The normalized spacial score (nSPS) is 12.8. The molecule has 1 aromatic rings. The highest BCUT2D eigenvalue weighted by molar-refractivity contribution is 6.44. The summed E-state index contributed by atoms with van der Waals surface area (Å²) in [7, 11) is 4.56. The van der Waals surface area contributed by atoms with E-state index >= 15 is 0 Å². The molecule has 2 rings (SSSR count). The highest BCUT2D eigenvalue weighted by atomic mass is 16.7. The van der Waals surface area contributed by atoms with E-state index in [-0.39, 0.29) is 29.6 Å². The van der Waals surface area contributed by atoms with Gasteiger partial charge >= 0.3 is 0 Å². The molecule has 0 aliphatic heterocycles. The number of methoxy groups -OCH3 is 3. The van der Waals surface area contributed by atoms with Gasteiger partial charge in [-0.25, -0.2) is 0 Å². The van der Waals surface area contributed by atoms with Crippen molar-refractivity contribution in [1.82, 2.24) is 5.32 Å². The molecule has 6 N–H and O–H groups in total. The first-order chi connectivity index (χ1) is 13.8. The van der Waals surface area contributed by atoms with Gasteiger partial charge in [-0.05, 0) is 24.6 Å². The summed E-state index contributed by atoms with van der Waals surface area (Å²) in [6.07, 6.45) is 2.51. The van der Waals surface area contributed by atoms with E-state index in [1.807, 2.05) is 13.8 Å². The number of nitrogen functional groups attached to an aromatic ring is 1. The molecule has 1 aliphatic rings. The summed E-state index contributed by atoms with van der Waals surface area (Å²) in [5.74, 6) is 0.449. The number of anilines is 1. The fourth-order valence-electron chi connectivity index (χ4n) is 2.10. The van der Waals surface area contributed by atoms with E-state index in [2.05, 4.69) is 5.32 Å². The van der Waals surface area contributed by atoms with Crippen LogP contribution in [0.2, 0.25) is 0 Å². The number of nitrogens with two attached hydrogens (primary N) is 1. The molecule has 0 radical (unpaired) electrons. The predicted molar refractivity (Wildman–Crippen MR) is 114 cm³/mol. The third-order valence-electron chi connectivity index (χ3n) is 3.76. The quantitative estimate of drug-likeness (QED) is 0.277. The number of phenols is 1. The van der Waals surface area contributed by atoms with Crippen LogP contribution in [0.4, 0.5) is 5.69 Å². The van der Waals surface area contributed by atoms with E-state index in [1.165, 1.54) is 32.4 Å². The molecule has 1 aliphatic carbocycles. The third-order valence-corrected chi connectivity index (χ3v) is 3.76. The Hall–Kier alpha value is -2.91. The fourth-order valence-corrected chi connectivity index (χ4v) is 2.10. The van der Waals surface area contributed by atoms with Crippen molar-refractivity contribution in [3.8, 4) is 5.75 Å². The number of allylic oxidation sites excluding steroid dienone is 2. The summed E-state index contributed by atoms with van der Waals surface area (Å²) >= 11 is 0. The second-order valence-corrected chi connectivity index (χ2v) is 5.59. The molecule has 0 atom stereocenters. The Balaban J connectivity index is 0.000000554. The molecule has 0 bridgehead atoms. The molecule has 0 heterocycles. The summed E-state index contributed by atoms with van der Waals surface area (Å²) < 4.78 is 14.8. The molecule has 0 saturated carbocycles. The predicted octanol–water partition coefficient (Wildman–Crippen LogP) is 2.70. The maximum Gasteiger partial charge on any atom is 0.251 e. The number of phenolic OH excluding ortho intramolecular Hbond substituents is 1. The largest absolute Gasteiger partial charge is 0.506 e. The van der Waals surface area contributed by atoms with Crippen LogP contribution in [0.15, 0.2) is 30.0 Å². The average molecular weight is 408 g/mol. The summed E-state index contributed by atoms with van der Waals surface area (Å²) in [4.78, 5) is 11.7. The number of benzene rings is 1. The topological polar surface area (TPSA) is 151 Å². The summed E-state index contributed by atoms with van der Waals surface area (Å²) in [6.45, 7) is 4.23. The van der Waals surface area contributed by atoms with Crippen molar-refractivity contribution in [3.63, 3.8) is 0 Å². The van der Waals surface area contributed by atoms with Gasteiger partial charge in [0.25, 0.3) is 5.91 Å². The minimum atomic E-state index is -0.492. The van der Waals surface area contributed by atoms with Gasteiger partial charge in [0.2, 0.25) is 0 Å². The Labute approximate surface area is 171 Å². The highest BCUT2D eigenvalue weighted by Crippen LogP contribution is 2.20. The number of hydrogen-bond acceptors (Lipinski definition) is 8. The Kier molecular flexibility index (Phi) is 12.7. The van der Waals surface area contributed by atoms with Crippen LogP contribution in [-0.2, 0) is 14.2 Å². The SMILES string of the molecule is CC.COC(CNC(=O)c1ccc(O)c(N)c1)OC.COC1=CC(=N)C(=N)CC1. The van der Waals surface area contributed by atoms with Crippen LogP contribution >= 0.6 is 0 Å². The van der Waals surface area contributed by atoms with Gasteiger partial charge in [-0.1, -0.05) is 13.8 Å². The van der Waals surface area contributed by atoms with Gasteiger partial charge in [0.15, 0.2) is 6.29 Å². The molecule has 29 heavy (non-hydrogen) atoms. The third kappa shape index (κ3) is 9.22. The van der Waals surface area contributed by atoms with Gasteiger partial charge in [0.1, 0.15) is 5.75 Å². The molecule has 0 aromatic heterocycles. The van der Waals surface area contributed by atoms with Crippen LogP contribution in [0.1, 0.15) is 37.0 Å². The monoisotopic (exact) mass is 408 g/mol. The molecule has 162 valence electrons. The number of amides is 1. The first-order valence-corrected chi connectivity index (χ1v) is 9.15. The molecule has 0 unspecified atom stereocenters. The Bertz CT molecular complexity index is 715. The maximum absolute atomic E-state index is 11.7. The van der Waals surface area contributed by atoms with Crippen LogP contribution in [0.25, 0.3) is 0 Å². The number of nitrogens with one attached hydrogen (secondary N) is 3. The van der Waals surface area contributed by atoms with Gasteiger partial charge in [-0.3, -0.25) is 10.2 Å². The zero-order valence-corrected chi connectivity index (χ0v) is 17.7. The summed E-state index contributed by atoms with van der Waals surface area (Å²) in [6, 6.07) is 4.25. The molecule has 0 saturated heterocycles. The van der Waals surface area contributed by atoms with Gasteiger partial charge in [-0.2, -0.15) is 0 Å². The lowest BCUT2D eigenvalue weighted by Gasteiger charge is -2.14. The van der Waals surface area contributed by atoms with Crippen molar-refractivity contribution >= 4 is 23.0 Å². The van der Waals surface area contributed by atoms with Gasteiger partial charge in [0, 0.05) is 32.3 Å². The van der Waals surface area contributed by atoms with Gasteiger partial charge in [-0.15, -0.1) is 0 Å². The molecule has 1 aromatic carbocycles. The number of rotatable bonds is 6. The number of ether oxygens (including phenoxy) is 3. The van der Waals surface area contributed by atoms with Gasteiger partial charge < -0.3 is 35.8 Å². The van der Waals surface area contributed by atoms with Crippen molar-refractivity contribution in [2.24, 2.45) is 0 Å². The number of hydrogen-bond donors (Lipinski definition) is 5. The molecular weight excluding hydrogens is 376 g/mol. The molecular formula is C20H32N4O5. The Morgan fingerprint density at radius 1 is 1.21 bits per heavy atom. The standard InChI is InChI=1S/C11H16N2O4.C7H10N2O.C2H6/c1-16-10(17-2)6-13-11(15)7-3-4-9(14)8(12)5-7;1-10-5-2-3-6(8)7(9)4-5;1-2/h3-5,10,14H,6,12H2,1-2H3,(H,13,15);4,8-9H,2-3H2,1H3;1-2H3. The first-order valence-electron chi connectivity index (χ1n) is 9.15. The minimum absolute atomic E-state index is 0.0480. The lowest BCUT2D eigenvalue weighted by Crippen LogP contribution is -2.34. The van der Waals surface area contributed by atoms with Crippen molar-refractivity contribution in [2.75, 3.05) is 33.6 Å². The molecule has 9 nitrogen and oxygen atoms in total. The summed E-state index contributed by atoms with van der Waals surface area (Å²) in [5, 5.41) is 26.3. The van der Waals surface area contributed by atoms with Crippen molar-refractivity contribution in [1.29, 1.82) is 10.8 Å². The van der Waals surface area contributed by atoms with E-state index in [0.717, 1.165) is 12.2 Å². The van der Waals surface area contributed by atoms with E-state index in [9.17, 15) is 9.90 Å². The maximum atomic E-state index is 11.7. The second-order valence-electron chi connectivity index (χ2n) is 5.59. The molecule has 0 spiro atoms. The first kappa shape index (κ1) is 26.1. The minimum Gasteiger partial charge on any atom is -0.506 e. The second kappa shape index (κ2) is 14.1. The van der Waals surface area contributed by atoms with Crippen LogP contribution in [-0.4, -0.2) is 56.6 Å². The summed E-state index contributed by atoms with van der Waals surface area (Å²) in [5.41, 5.74) is 6.70. The Morgan fingerprint density at radius 2 is 1.83 bits per heavy atom. The highest BCUT2D eigenvalue weighted by Gasteiger charge is 2.12. The zero-order valence-electron chi connectivity index (χ0n) is 17.7. The van der Waals surface area contributed by atoms with E-state index in [0.29, 0.717) is 17.7 Å². The van der Waals surface area contributed by atoms with Crippen molar-refractivity contribution in [3.05, 3.63) is 35.6 Å². The lowest BCUT2D eigenvalue weighted by molar-refractivity contribution is -0.0974. The van der Waals surface area contributed by atoms with Crippen LogP contribution in [0, 0.1) is 10.8 Å². The molecule has 0 fully saturated rings. The fraction of sp³-hybridized carbons (Fsp3) is 0.450. The molecule has 1 amide bonds. The molecule has 9 heteroatoms. The zero-order chi connectivity index (χ0) is 22.4. The lowest BCUT2D eigenvalue weighted by atomic mass is 10.0. The van der Waals surface area contributed by atoms with E-state index in [4.69, 9.17) is 30.8 Å². The number of carbonyl (C=O) groups excluding carboxylic acids is 1.